The minimum atomic E-state index is 0.656. The Hall–Kier alpha value is -0.610. The minimum Gasteiger partial charge on any atom is -0.379 e. The molecule has 14 heavy (non-hydrogen) atoms. The Labute approximate surface area is 84.8 Å². The van der Waals surface area contributed by atoms with Gasteiger partial charge in [0.05, 0.1) is 13.2 Å². The minimum absolute atomic E-state index is 0.656. The predicted octanol–water partition coefficient (Wildman–Crippen LogP) is -0.150. The third kappa shape index (κ3) is 2.25. The Morgan fingerprint density at radius 2 is 1.71 bits per heavy atom. The molecule has 0 spiro atoms. The Morgan fingerprint density at radius 3 is 2.29 bits per heavy atom. The van der Waals surface area contributed by atoms with Crippen LogP contribution in [0.25, 0.3) is 0 Å². The van der Waals surface area contributed by atoms with Crippen LogP contribution in [0.1, 0.15) is 12.8 Å². The zero-order chi connectivity index (χ0) is 9.80. The first kappa shape index (κ1) is 9.93. The van der Waals surface area contributed by atoms with Gasteiger partial charge in [-0.25, -0.2) is 0 Å². The van der Waals surface area contributed by atoms with Crippen LogP contribution in [0.15, 0.2) is 0 Å². The molecule has 1 radical (unpaired) electrons. The third-order valence-electron chi connectivity index (χ3n) is 3.16. The topological polar surface area (TPSA) is 32.8 Å². The molecule has 0 aromatic heterocycles. The first-order chi connectivity index (χ1) is 6.90. The fourth-order valence-corrected chi connectivity index (χ4v) is 2.26. The zero-order valence-electron chi connectivity index (χ0n) is 8.45. The van der Waals surface area contributed by atoms with Crippen molar-refractivity contribution in [2.45, 2.75) is 18.9 Å². The molecule has 2 aliphatic rings. The number of carbonyl (C=O) groups excluding carboxylic acids is 1. The Bertz CT molecular complexity index is 185. The summed E-state index contributed by atoms with van der Waals surface area (Å²) in [6.45, 7) is 5.56. The maximum atomic E-state index is 10.4. The molecule has 0 aliphatic carbocycles. The molecule has 0 saturated carbocycles. The van der Waals surface area contributed by atoms with E-state index in [1.165, 1.54) is 0 Å². The highest BCUT2D eigenvalue weighted by molar-refractivity contribution is 5.48. The monoisotopic (exact) mass is 197 g/mol. The highest BCUT2D eigenvalue weighted by Gasteiger charge is 2.25. The number of hydrogen-bond acceptors (Lipinski definition) is 3. The van der Waals surface area contributed by atoms with Crippen LogP contribution in [0.2, 0.25) is 0 Å². The van der Waals surface area contributed by atoms with E-state index in [2.05, 4.69) is 4.90 Å². The number of amides is 1. The van der Waals surface area contributed by atoms with Crippen LogP contribution in [0.4, 0.5) is 0 Å². The van der Waals surface area contributed by atoms with E-state index >= 15 is 0 Å². The van der Waals surface area contributed by atoms with Gasteiger partial charge in [-0.05, 0) is 12.8 Å². The van der Waals surface area contributed by atoms with Crippen molar-refractivity contribution in [3.05, 3.63) is 0 Å². The molecule has 79 valence electrons. The number of piperidine rings is 1. The Kier molecular flexibility index (Phi) is 3.37. The Balaban J connectivity index is 1.78. The van der Waals surface area contributed by atoms with Crippen molar-refractivity contribution in [1.29, 1.82) is 0 Å². The number of morpholine rings is 1. The van der Waals surface area contributed by atoms with Gasteiger partial charge in [-0.3, -0.25) is 9.69 Å². The lowest BCUT2D eigenvalue weighted by Crippen LogP contribution is -2.48. The van der Waals surface area contributed by atoms with Crippen molar-refractivity contribution >= 4 is 6.41 Å². The molecule has 0 bridgehead atoms. The van der Waals surface area contributed by atoms with Crippen molar-refractivity contribution in [1.82, 2.24) is 9.80 Å². The second kappa shape index (κ2) is 4.75. The standard InChI is InChI=1S/C10H17N2O2/c13-9-11-3-1-10(2-4-11)12-5-7-14-8-6-12/h10H,1-8H2. The van der Waals surface area contributed by atoms with Gasteiger partial charge in [0.2, 0.25) is 0 Å². The van der Waals surface area contributed by atoms with Gasteiger partial charge in [-0.1, -0.05) is 0 Å². The molecule has 0 aromatic rings. The second-order valence-electron chi connectivity index (χ2n) is 3.96. The van der Waals surface area contributed by atoms with E-state index in [0.717, 1.165) is 52.2 Å². The van der Waals surface area contributed by atoms with Gasteiger partial charge in [-0.2, -0.15) is 0 Å². The molecule has 0 N–H and O–H groups in total. The van der Waals surface area contributed by atoms with Crippen LogP contribution in [0, 0.1) is 0 Å². The molecule has 0 aromatic carbocycles. The van der Waals surface area contributed by atoms with Crippen LogP contribution in [0.5, 0.6) is 0 Å². The first-order valence-corrected chi connectivity index (χ1v) is 5.34. The number of rotatable bonds is 2. The van der Waals surface area contributed by atoms with Crippen molar-refractivity contribution in [3.63, 3.8) is 0 Å². The molecule has 4 nitrogen and oxygen atoms in total. The number of ether oxygens (including phenoxy) is 1. The van der Waals surface area contributed by atoms with Crippen LogP contribution < -0.4 is 0 Å². The summed E-state index contributed by atoms with van der Waals surface area (Å²) in [6, 6.07) is 0.656. The largest absolute Gasteiger partial charge is 0.379 e. The predicted molar refractivity (Wildman–Crippen MR) is 52.7 cm³/mol. The van der Waals surface area contributed by atoms with Crippen LogP contribution >= 0.6 is 0 Å². The molecule has 2 aliphatic heterocycles. The number of nitrogens with zero attached hydrogens (tertiary/aromatic N) is 2. The smallest absolute Gasteiger partial charge is 0.312 e. The fourth-order valence-electron chi connectivity index (χ4n) is 2.26. The van der Waals surface area contributed by atoms with E-state index in [9.17, 15) is 4.79 Å². The van der Waals surface area contributed by atoms with Crippen molar-refractivity contribution in [3.8, 4) is 0 Å². The molecule has 1 amide bonds. The van der Waals surface area contributed by atoms with Gasteiger partial charge < -0.3 is 9.64 Å². The lowest BCUT2D eigenvalue weighted by molar-refractivity contribution is 0.00530. The van der Waals surface area contributed by atoms with E-state index in [0.29, 0.717) is 6.04 Å². The average molecular weight is 197 g/mol. The van der Waals surface area contributed by atoms with E-state index in [-0.39, 0.29) is 0 Å². The van der Waals surface area contributed by atoms with Gasteiger partial charge in [0.1, 0.15) is 0 Å². The molecule has 2 rings (SSSR count). The van der Waals surface area contributed by atoms with Gasteiger partial charge >= 0.3 is 6.41 Å². The Morgan fingerprint density at radius 1 is 1.07 bits per heavy atom. The summed E-state index contributed by atoms with van der Waals surface area (Å²) in [5.41, 5.74) is 0. The quantitative estimate of drug-likeness (QED) is 0.617. The van der Waals surface area contributed by atoms with Crippen LogP contribution in [0.3, 0.4) is 0 Å². The third-order valence-corrected chi connectivity index (χ3v) is 3.16. The van der Waals surface area contributed by atoms with E-state index < -0.39 is 0 Å². The summed E-state index contributed by atoms with van der Waals surface area (Å²) in [6.07, 6.45) is 4.15. The summed E-state index contributed by atoms with van der Waals surface area (Å²) in [5.74, 6) is 0. The molecule has 2 heterocycles. The van der Waals surface area contributed by atoms with Gasteiger partial charge in [0.25, 0.3) is 0 Å². The highest BCUT2D eigenvalue weighted by Crippen LogP contribution is 2.16. The normalized spacial score (nSPS) is 26.4. The van der Waals surface area contributed by atoms with Crippen molar-refractivity contribution in [2.75, 3.05) is 39.4 Å². The summed E-state index contributed by atoms with van der Waals surface area (Å²) in [5, 5.41) is 0. The van der Waals surface area contributed by atoms with E-state index in [4.69, 9.17) is 4.74 Å². The number of likely N-dealkylation sites (tertiary alicyclic amines) is 1. The molecular weight excluding hydrogens is 180 g/mol. The summed E-state index contributed by atoms with van der Waals surface area (Å²) < 4.78 is 5.32. The van der Waals surface area contributed by atoms with Gasteiger partial charge in [0, 0.05) is 32.2 Å². The SMILES string of the molecule is O=[C]N1CCC(N2CCOCC2)CC1. The lowest BCUT2D eigenvalue weighted by Gasteiger charge is -2.38. The van der Waals surface area contributed by atoms with Crippen LogP contribution in [-0.2, 0) is 9.53 Å². The maximum absolute atomic E-state index is 10.4. The second-order valence-corrected chi connectivity index (χ2v) is 3.96. The molecule has 0 atom stereocenters. The zero-order valence-corrected chi connectivity index (χ0v) is 8.45. The van der Waals surface area contributed by atoms with E-state index in [1.807, 2.05) is 6.41 Å². The fraction of sp³-hybridized carbons (Fsp3) is 0.900. The van der Waals surface area contributed by atoms with Crippen molar-refractivity contribution in [2.24, 2.45) is 0 Å². The average Bonchev–Trinajstić information content (AvgIpc) is 2.30. The van der Waals surface area contributed by atoms with Crippen molar-refractivity contribution < 1.29 is 9.53 Å². The maximum Gasteiger partial charge on any atom is 0.312 e. The molecular formula is C10H17N2O2. The number of hydrogen-bond donors (Lipinski definition) is 0. The first-order valence-electron chi connectivity index (χ1n) is 5.34. The van der Waals surface area contributed by atoms with Gasteiger partial charge in [-0.15, -0.1) is 0 Å². The summed E-state index contributed by atoms with van der Waals surface area (Å²) in [4.78, 5) is 14.6. The summed E-state index contributed by atoms with van der Waals surface area (Å²) >= 11 is 0. The molecule has 0 unspecified atom stereocenters. The molecule has 2 saturated heterocycles. The highest BCUT2D eigenvalue weighted by atomic mass is 16.5. The van der Waals surface area contributed by atoms with Crippen LogP contribution in [-0.4, -0.2) is 61.6 Å². The lowest BCUT2D eigenvalue weighted by atomic mass is 10.0. The van der Waals surface area contributed by atoms with Gasteiger partial charge in [0.15, 0.2) is 0 Å². The summed E-state index contributed by atoms with van der Waals surface area (Å²) in [7, 11) is 0. The van der Waals surface area contributed by atoms with E-state index in [1.54, 1.807) is 4.90 Å². The molecule has 4 heteroatoms. The molecule has 2 fully saturated rings.